The zero-order valence-corrected chi connectivity index (χ0v) is 16.5. The molecule has 5 nitrogen and oxygen atoms in total. The number of ketones is 2. The van der Waals surface area contributed by atoms with Crippen LogP contribution in [0.2, 0.25) is 0 Å². The van der Waals surface area contributed by atoms with Crippen LogP contribution in [0.4, 0.5) is 4.39 Å². The third kappa shape index (κ3) is 2.95. The van der Waals surface area contributed by atoms with Gasteiger partial charge in [0.05, 0.1) is 0 Å². The van der Waals surface area contributed by atoms with Crippen molar-refractivity contribution in [1.29, 1.82) is 0 Å². The minimum atomic E-state index is -1.15. The van der Waals surface area contributed by atoms with Gasteiger partial charge in [0, 0.05) is 25.2 Å². The minimum absolute atomic E-state index is 0.00342. The van der Waals surface area contributed by atoms with Crippen LogP contribution in [0.5, 0.6) is 0 Å². The van der Waals surface area contributed by atoms with Gasteiger partial charge < -0.3 is 9.84 Å². The fourth-order valence-corrected chi connectivity index (χ4v) is 7.17. The number of carbonyl (C=O) groups excluding carboxylic acids is 3. The van der Waals surface area contributed by atoms with Gasteiger partial charge in [-0.05, 0) is 66.9 Å². The first-order valence-electron chi connectivity index (χ1n) is 10.5. The van der Waals surface area contributed by atoms with E-state index in [2.05, 4.69) is 6.92 Å². The maximum atomic E-state index is 15.1. The number of alkyl halides is 1. The average Bonchev–Trinajstić information content (AvgIpc) is 2.97. The number of allylic oxidation sites excluding steroid dienone is 1. The molecule has 8 atom stereocenters. The van der Waals surface area contributed by atoms with Gasteiger partial charge in [-0.2, -0.15) is 0 Å². The van der Waals surface area contributed by atoms with Crippen LogP contribution in [0.3, 0.4) is 0 Å². The Labute approximate surface area is 164 Å². The van der Waals surface area contributed by atoms with E-state index in [0.29, 0.717) is 37.7 Å². The van der Waals surface area contributed by atoms with Crippen LogP contribution in [0.15, 0.2) is 11.6 Å². The van der Waals surface area contributed by atoms with Crippen LogP contribution in [-0.2, 0) is 19.1 Å². The van der Waals surface area contributed by atoms with Gasteiger partial charge in [0.15, 0.2) is 11.6 Å². The van der Waals surface area contributed by atoms with E-state index in [1.165, 1.54) is 13.0 Å². The summed E-state index contributed by atoms with van der Waals surface area (Å²) in [5.74, 6) is -0.720. The lowest BCUT2D eigenvalue weighted by molar-refractivity contribution is -0.171. The van der Waals surface area contributed by atoms with Crippen molar-refractivity contribution in [2.45, 2.75) is 64.6 Å². The van der Waals surface area contributed by atoms with Crippen molar-refractivity contribution in [1.82, 2.24) is 0 Å². The smallest absolute Gasteiger partial charge is 0.302 e. The molecule has 4 rings (SSSR count). The normalized spacial score (nSPS) is 44.8. The number of aliphatic hydroxyl groups excluding tert-OH is 1. The molecule has 0 heterocycles. The number of esters is 1. The molecular formula is C22H29FO5. The lowest BCUT2D eigenvalue weighted by Gasteiger charge is -2.56. The molecule has 154 valence electrons. The summed E-state index contributed by atoms with van der Waals surface area (Å²) in [6.45, 7) is 2.96. The SMILES string of the molecule is CC(=O)O[C@@H]1C[C@]2(C)[C@@H](C(=O)CO)CC[C@H]2[C@@H]2C[C@H](F)C3=CC(=O)CC[C@@H]3[C@H]21. The highest BCUT2D eigenvalue weighted by atomic mass is 19.1. The predicted molar refractivity (Wildman–Crippen MR) is 98.9 cm³/mol. The first-order chi connectivity index (χ1) is 13.3. The molecule has 0 aromatic carbocycles. The zero-order valence-electron chi connectivity index (χ0n) is 16.5. The highest BCUT2D eigenvalue weighted by Gasteiger charge is 2.62. The second kappa shape index (κ2) is 7.05. The monoisotopic (exact) mass is 392 g/mol. The quantitative estimate of drug-likeness (QED) is 0.747. The second-order valence-corrected chi connectivity index (χ2v) is 9.42. The third-order valence-electron chi connectivity index (χ3n) is 8.12. The Kier molecular flexibility index (Phi) is 4.97. The predicted octanol–water partition coefficient (Wildman–Crippen LogP) is 2.80. The van der Waals surface area contributed by atoms with Gasteiger partial charge >= 0.3 is 5.97 Å². The highest BCUT2D eigenvalue weighted by Crippen LogP contribution is 2.64. The van der Waals surface area contributed by atoms with Gasteiger partial charge in [-0.15, -0.1) is 0 Å². The number of fused-ring (bicyclic) bond motifs is 5. The van der Waals surface area contributed by atoms with Crippen LogP contribution in [0.25, 0.3) is 0 Å². The molecule has 0 amide bonds. The van der Waals surface area contributed by atoms with Crippen LogP contribution in [-0.4, -0.2) is 41.5 Å². The first kappa shape index (κ1) is 19.7. The summed E-state index contributed by atoms with van der Waals surface area (Å²) in [5.41, 5.74) is 0.186. The lowest BCUT2D eigenvalue weighted by atomic mass is 9.49. The number of halogens is 1. The number of carbonyl (C=O) groups is 3. The molecule has 3 saturated carbocycles. The van der Waals surface area contributed by atoms with Crippen LogP contribution >= 0.6 is 0 Å². The van der Waals surface area contributed by atoms with Crippen molar-refractivity contribution in [2.75, 3.05) is 6.61 Å². The summed E-state index contributed by atoms with van der Waals surface area (Å²) < 4.78 is 20.9. The van der Waals surface area contributed by atoms with Crippen molar-refractivity contribution in [3.8, 4) is 0 Å². The topological polar surface area (TPSA) is 80.7 Å². The van der Waals surface area contributed by atoms with Crippen molar-refractivity contribution in [2.24, 2.45) is 35.0 Å². The lowest BCUT2D eigenvalue weighted by Crippen LogP contribution is -2.56. The van der Waals surface area contributed by atoms with Crippen LogP contribution < -0.4 is 0 Å². The molecule has 1 N–H and O–H groups in total. The van der Waals surface area contributed by atoms with Gasteiger partial charge in [0.2, 0.25) is 0 Å². The van der Waals surface area contributed by atoms with E-state index in [-0.39, 0.29) is 53.2 Å². The molecule has 4 aliphatic carbocycles. The Morgan fingerprint density at radius 2 is 2.07 bits per heavy atom. The Hall–Kier alpha value is -1.56. The fraction of sp³-hybridized carbons (Fsp3) is 0.773. The first-order valence-corrected chi connectivity index (χ1v) is 10.5. The second-order valence-electron chi connectivity index (χ2n) is 9.42. The van der Waals surface area contributed by atoms with E-state index in [1.807, 2.05) is 0 Å². The van der Waals surface area contributed by atoms with E-state index >= 15 is 4.39 Å². The molecule has 6 heteroatoms. The van der Waals surface area contributed by atoms with E-state index in [0.717, 1.165) is 6.42 Å². The summed E-state index contributed by atoms with van der Waals surface area (Å²) in [6, 6.07) is 0. The number of Topliss-reactive ketones (excluding diaryl/α,β-unsaturated/α-hetero) is 1. The highest BCUT2D eigenvalue weighted by molar-refractivity contribution is 5.91. The molecule has 0 spiro atoms. The Balaban J connectivity index is 1.74. The molecule has 0 unspecified atom stereocenters. The molecule has 0 aromatic heterocycles. The van der Waals surface area contributed by atoms with Crippen molar-refractivity contribution >= 4 is 17.5 Å². The molecule has 0 radical (unpaired) electrons. The number of rotatable bonds is 3. The molecule has 28 heavy (non-hydrogen) atoms. The molecule has 0 aliphatic heterocycles. The summed E-state index contributed by atoms with van der Waals surface area (Å²) in [6.07, 6.45) is 3.37. The Morgan fingerprint density at radius 1 is 1.32 bits per heavy atom. The van der Waals surface area contributed by atoms with E-state index in [9.17, 15) is 19.5 Å². The van der Waals surface area contributed by atoms with Crippen LogP contribution in [0, 0.1) is 35.0 Å². The Morgan fingerprint density at radius 3 is 2.75 bits per heavy atom. The Bertz CT molecular complexity index is 730. The van der Waals surface area contributed by atoms with E-state index in [4.69, 9.17) is 4.74 Å². The van der Waals surface area contributed by atoms with Gasteiger partial charge in [-0.25, -0.2) is 4.39 Å². The molecule has 4 aliphatic rings. The van der Waals surface area contributed by atoms with Crippen molar-refractivity contribution in [3.63, 3.8) is 0 Å². The molecule has 0 saturated heterocycles. The largest absolute Gasteiger partial charge is 0.462 e. The summed E-state index contributed by atoms with van der Waals surface area (Å²) >= 11 is 0. The number of aliphatic hydroxyl groups is 1. The minimum Gasteiger partial charge on any atom is -0.462 e. The molecule has 3 fully saturated rings. The molecule has 0 bridgehead atoms. The summed E-state index contributed by atoms with van der Waals surface area (Å²) in [4.78, 5) is 36.2. The van der Waals surface area contributed by atoms with Crippen LogP contribution in [0.1, 0.15) is 52.4 Å². The number of hydrogen-bond donors (Lipinski definition) is 1. The van der Waals surface area contributed by atoms with Gasteiger partial charge in [0.25, 0.3) is 0 Å². The van der Waals surface area contributed by atoms with E-state index in [1.54, 1.807) is 0 Å². The maximum absolute atomic E-state index is 15.1. The zero-order chi connectivity index (χ0) is 20.2. The average molecular weight is 392 g/mol. The van der Waals surface area contributed by atoms with Gasteiger partial charge in [0.1, 0.15) is 18.9 Å². The summed E-state index contributed by atoms with van der Waals surface area (Å²) in [5, 5.41) is 9.43. The standard InChI is InChI=1S/C22H29FO5/c1-11(25)28-20-9-22(2)16(5-6-17(22)19(27)10-24)15-8-18(23)14-7-12(26)3-4-13(14)21(15)20/h7,13,15-18,20-21,24H,3-6,8-10H2,1-2H3/t13-,15-,16-,17+,18-,20+,21+,22-/m0/s1. The molecule has 0 aromatic rings. The van der Waals surface area contributed by atoms with Gasteiger partial charge in [-0.1, -0.05) is 6.92 Å². The van der Waals surface area contributed by atoms with Gasteiger partial charge in [-0.3, -0.25) is 14.4 Å². The van der Waals surface area contributed by atoms with Crippen molar-refractivity contribution < 1.29 is 28.6 Å². The maximum Gasteiger partial charge on any atom is 0.302 e. The van der Waals surface area contributed by atoms with E-state index < -0.39 is 18.2 Å². The third-order valence-corrected chi connectivity index (χ3v) is 8.12. The summed E-state index contributed by atoms with van der Waals surface area (Å²) in [7, 11) is 0. The number of hydrogen-bond acceptors (Lipinski definition) is 5. The number of ether oxygens (including phenoxy) is 1. The van der Waals surface area contributed by atoms with Crippen molar-refractivity contribution in [3.05, 3.63) is 11.6 Å². The molecular weight excluding hydrogens is 363 g/mol. The fourth-order valence-electron chi connectivity index (χ4n) is 7.17.